The van der Waals surface area contributed by atoms with E-state index in [1.165, 1.54) is 8.61 Å². The number of thiophene rings is 1. The molecule has 14 heteroatoms. The molecule has 2 fully saturated rings. The van der Waals surface area contributed by atoms with Crippen molar-refractivity contribution in [1.29, 1.82) is 0 Å². The van der Waals surface area contributed by atoms with E-state index in [2.05, 4.69) is 10.6 Å². The standard InChI is InChI=1S/C27H31ClN4O6S3/c28-21-3-1-20(2-4-21)27(33)29-19-24-7-10-26(39-24)41(36,37)31-13-11-23(12-14-31)30-22-5-8-25(9-6-22)40(34,35)32-15-17-38-18-16-32/h1-10,23,30H,11-19H2,(H,29,33). The molecule has 0 atom stereocenters. The van der Waals surface area contributed by atoms with Gasteiger partial charge in [-0.05, 0) is 73.5 Å². The summed E-state index contributed by atoms with van der Waals surface area (Å²) in [6.45, 7) is 2.43. The van der Waals surface area contributed by atoms with Gasteiger partial charge in [0.05, 0.1) is 24.7 Å². The monoisotopic (exact) mass is 638 g/mol. The second kappa shape index (κ2) is 12.8. The summed E-state index contributed by atoms with van der Waals surface area (Å²) in [7, 11) is -7.20. The molecule has 0 bridgehead atoms. The number of morpholine rings is 1. The number of ether oxygens (including phenoxy) is 1. The average Bonchev–Trinajstić information content (AvgIpc) is 3.48. The highest BCUT2D eigenvalue weighted by atomic mass is 35.5. The molecule has 0 saturated carbocycles. The number of amides is 1. The molecule has 41 heavy (non-hydrogen) atoms. The van der Waals surface area contributed by atoms with Gasteiger partial charge in [-0.25, -0.2) is 16.8 Å². The maximum absolute atomic E-state index is 13.3. The Morgan fingerprint density at radius 1 is 0.854 bits per heavy atom. The lowest BCUT2D eigenvalue weighted by molar-refractivity contribution is 0.0730. The van der Waals surface area contributed by atoms with Crippen molar-refractivity contribution >= 4 is 54.6 Å². The molecule has 2 aromatic carbocycles. The highest BCUT2D eigenvalue weighted by molar-refractivity contribution is 7.91. The highest BCUT2D eigenvalue weighted by Crippen LogP contribution is 2.28. The van der Waals surface area contributed by atoms with Gasteiger partial charge >= 0.3 is 0 Å². The number of rotatable bonds is 9. The second-order valence-electron chi connectivity index (χ2n) is 9.77. The molecule has 1 amide bonds. The molecule has 0 radical (unpaired) electrons. The lowest BCUT2D eigenvalue weighted by Gasteiger charge is -2.32. The number of anilines is 1. The predicted octanol–water partition coefficient (Wildman–Crippen LogP) is 3.62. The van der Waals surface area contributed by atoms with Crippen LogP contribution in [-0.4, -0.2) is 76.8 Å². The number of carbonyl (C=O) groups is 1. The van der Waals surface area contributed by atoms with Gasteiger partial charge in [-0.15, -0.1) is 11.3 Å². The van der Waals surface area contributed by atoms with E-state index in [-0.39, 0.29) is 27.6 Å². The molecular weight excluding hydrogens is 608 g/mol. The first-order valence-electron chi connectivity index (χ1n) is 13.2. The topological polar surface area (TPSA) is 125 Å². The van der Waals surface area contributed by atoms with Gasteiger partial charge in [0.15, 0.2) is 0 Å². The summed E-state index contributed by atoms with van der Waals surface area (Å²) < 4.78 is 60.6. The Bertz CT molecular complexity index is 1560. The van der Waals surface area contributed by atoms with Crippen LogP contribution in [0.5, 0.6) is 0 Å². The molecule has 2 saturated heterocycles. The van der Waals surface area contributed by atoms with Gasteiger partial charge in [0.2, 0.25) is 10.0 Å². The number of benzene rings is 2. The van der Waals surface area contributed by atoms with E-state index in [1.807, 2.05) is 0 Å². The fourth-order valence-electron chi connectivity index (χ4n) is 4.73. The van der Waals surface area contributed by atoms with Crippen LogP contribution in [0.3, 0.4) is 0 Å². The van der Waals surface area contributed by atoms with Crippen LogP contribution in [0.1, 0.15) is 28.1 Å². The van der Waals surface area contributed by atoms with Crippen molar-refractivity contribution in [3.05, 3.63) is 76.1 Å². The summed E-state index contributed by atoms with van der Waals surface area (Å²) >= 11 is 7.02. The maximum atomic E-state index is 13.3. The first kappa shape index (κ1) is 30.0. The van der Waals surface area contributed by atoms with Crippen LogP contribution >= 0.6 is 22.9 Å². The number of nitrogens with zero attached hydrogens (tertiary/aromatic N) is 2. The number of sulfonamides is 2. The van der Waals surface area contributed by atoms with E-state index >= 15 is 0 Å². The summed E-state index contributed by atoms with van der Waals surface area (Å²) in [6.07, 6.45) is 1.23. The van der Waals surface area contributed by atoms with Crippen molar-refractivity contribution in [2.75, 3.05) is 44.7 Å². The summed E-state index contributed by atoms with van der Waals surface area (Å²) in [5.74, 6) is -0.262. The van der Waals surface area contributed by atoms with Gasteiger partial charge in [0, 0.05) is 53.4 Å². The molecule has 2 aliphatic heterocycles. The van der Waals surface area contributed by atoms with Gasteiger partial charge in [0.1, 0.15) is 4.21 Å². The molecule has 220 valence electrons. The SMILES string of the molecule is O=C(NCc1ccc(S(=O)(=O)N2CCC(Nc3ccc(S(=O)(=O)N4CCOCC4)cc3)CC2)s1)c1ccc(Cl)cc1. The molecule has 5 rings (SSSR count). The average molecular weight is 639 g/mol. The van der Waals surface area contributed by atoms with Crippen molar-refractivity contribution in [2.24, 2.45) is 0 Å². The Morgan fingerprint density at radius 3 is 2.15 bits per heavy atom. The number of nitrogens with one attached hydrogen (secondary N) is 2. The minimum Gasteiger partial charge on any atom is -0.382 e. The Balaban J connectivity index is 1.12. The van der Waals surface area contributed by atoms with Crippen LogP contribution in [0, 0.1) is 0 Å². The van der Waals surface area contributed by atoms with Crippen LogP contribution in [0.2, 0.25) is 5.02 Å². The van der Waals surface area contributed by atoms with Crippen molar-refractivity contribution in [1.82, 2.24) is 13.9 Å². The zero-order valence-corrected chi connectivity index (χ0v) is 25.4. The zero-order valence-electron chi connectivity index (χ0n) is 22.2. The molecule has 2 aliphatic rings. The normalized spacial score (nSPS) is 17.8. The molecule has 1 aromatic heterocycles. The third-order valence-electron chi connectivity index (χ3n) is 7.05. The summed E-state index contributed by atoms with van der Waals surface area (Å²) in [5, 5.41) is 6.75. The number of halogens is 1. The highest BCUT2D eigenvalue weighted by Gasteiger charge is 2.31. The third kappa shape index (κ3) is 7.11. The number of hydrogen-bond acceptors (Lipinski definition) is 8. The van der Waals surface area contributed by atoms with E-state index in [1.54, 1.807) is 60.7 Å². The lowest BCUT2D eigenvalue weighted by Crippen LogP contribution is -2.42. The second-order valence-corrected chi connectivity index (χ2v) is 15.5. The molecular formula is C27H31ClN4O6S3. The van der Waals surface area contributed by atoms with E-state index in [9.17, 15) is 21.6 Å². The largest absolute Gasteiger partial charge is 0.382 e. The molecule has 0 unspecified atom stereocenters. The first-order valence-corrected chi connectivity index (χ1v) is 17.3. The molecule has 0 aliphatic carbocycles. The third-order valence-corrected chi connectivity index (χ3v) is 12.7. The Hall–Kier alpha value is -2.52. The number of piperidine rings is 1. The van der Waals surface area contributed by atoms with Gasteiger partial charge in [-0.3, -0.25) is 4.79 Å². The first-order chi connectivity index (χ1) is 19.6. The minimum atomic E-state index is -3.65. The minimum absolute atomic E-state index is 0.0603. The van der Waals surface area contributed by atoms with Crippen LogP contribution in [0.4, 0.5) is 5.69 Å². The fourth-order valence-corrected chi connectivity index (χ4v) is 9.18. The van der Waals surface area contributed by atoms with Crippen LogP contribution in [-0.2, 0) is 31.3 Å². The van der Waals surface area contributed by atoms with E-state index < -0.39 is 20.0 Å². The van der Waals surface area contributed by atoms with E-state index in [0.29, 0.717) is 62.8 Å². The Morgan fingerprint density at radius 2 is 1.49 bits per heavy atom. The van der Waals surface area contributed by atoms with Crippen molar-refractivity contribution in [3.63, 3.8) is 0 Å². The van der Waals surface area contributed by atoms with Crippen molar-refractivity contribution in [3.8, 4) is 0 Å². The van der Waals surface area contributed by atoms with E-state index in [4.69, 9.17) is 16.3 Å². The molecule has 3 heterocycles. The Labute approximate surface area is 249 Å². The van der Waals surface area contributed by atoms with Gasteiger partial charge in [-0.2, -0.15) is 8.61 Å². The fraction of sp³-hybridized carbons (Fsp3) is 0.370. The zero-order chi connectivity index (χ0) is 29.0. The number of carbonyl (C=O) groups excluding carboxylic acids is 1. The van der Waals surface area contributed by atoms with Gasteiger partial charge in [0.25, 0.3) is 15.9 Å². The smallest absolute Gasteiger partial charge is 0.252 e. The van der Waals surface area contributed by atoms with Gasteiger partial charge < -0.3 is 15.4 Å². The Kier molecular flexibility index (Phi) is 9.33. The van der Waals surface area contributed by atoms with E-state index in [0.717, 1.165) is 21.9 Å². The molecule has 3 aromatic rings. The van der Waals surface area contributed by atoms with Crippen LogP contribution in [0.15, 0.2) is 69.8 Å². The number of hydrogen-bond donors (Lipinski definition) is 2. The maximum Gasteiger partial charge on any atom is 0.252 e. The molecule has 0 spiro atoms. The summed E-state index contributed by atoms with van der Waals surface area (Å²) in [6, 6.07) is 16.6. The van der Waals surface area contributed by atoms with Crippen LogP contribution < -0.4 is 10.6 Å². The summed E-state index contributed by atoms with van der Waals surface area (Å²) in [5.41, 5.74) is 1.26. The quantitative estimate of drug-likeness (QED) is 0.367. The predicted molar refractivity (Wildman–Crippen MR) is 158 cm³/mol. The van der Waals surface area contributed by atoms with Crippen molar-refractivity contribution < 1.29 is 26.4 Å². The van der Waals surface area contributed by atoms with Crippen molar-refractivity contribution in [2.45, 2.75) is 34.5 Å². The van der Waals surface area contributed by atoms with Gasteiger partial charge in [-0.1, -0.05) is 11.6 Å². The lowest BCUT2D eigenvalue weighted by atomic mass is 10.1. The molecule has 2 N–H and O–H groups in total. The summed E-state index contributed by atoms with van der Waals surface area (Å²) in [4.78, 5) is 13.3. The van der Waals surface area contributed by atoms with Crippen LogP contribution in [0.25, 0.3) is 0 Å². The molecule has 10 nitrogen and oxygen atoms in total.